The second-order valence-electron chi connectivity index (χ2n) is 6.88. The summed E-state index contributed by atoms with van der Waals surface area (Å²) in [6.45, 7) is 11.7. The van der Waals surface area contributed by atoms with Crippen LogP contribution < -0.4 is 5.32 Å². The van der Waals surface area contributed by atoms with Crippen LogP contribution in [-0.2, 0) is 19.0 Å². The second-order valence-corrected chi connectivity index (χ2v) is 6.88. The van der Waals surface area contributed by atoms with Gasteiger partial charge >= 0.3 is 0 Å². The Morgan fingerprint density at radius 2 is 1.95 bits per heavy atom. The summed E-state index contributed by atoms with van der Waals surface area (Å²) in [4.78, 5) is 11.3. The van der Waals surface area contributed by atoms with Gasteiger partial charge in [-0.15, -0.1) is 0 Å². The highest BCUT2D eigenvalue weighted by Gasteiger charge is 2.24. The van der Waals surface area contributed by atoms with E-state index < -0.39 is 0 Å². The zero-order valence-corrected chi connectivity index (χ0v) is 14.7. The molecule has 0 unspecified atom stereocenters. The minimum absolute atomic E-state index is 0.0292. The van der Waals surface area contributed by atoms with Gasteiger partial charge in [-0.2, -0.15) is 0 Å². The number of rotatable bonds is 10. The number of hydrogen-bond donors (Lipinski definition) is 1. The van der Waals surface area contributed by atoms with Crippen molar-refractivity contribution in [3.63, 3.8) is 0 Å². The van der Waals surface area contributed by atoms with Crippen molar-refractivity contribution in [2.24, 2.45) is 5.41 Å². The lowest BCUT2D eigenvalue weighted by atomic mass is 9.96. The molecule has 22 heavy (non-hydrogen) atoms. The lowest BCUT2D eigenvalue weighted by Gasteiger charge is -2.31. The van der Waals surface area contributed by atoms with Gasteiger partial charge in [-0.3, -0.25) is 4.79 Å². The van der Waals surface area contributed by atoms with Crippen LogP contribution in [0.1, 0.15) is 53.4 Å². The van der Waals surface area contributed by atoms with E-state index in [9.17, 15) is 4.79 Å². The van der Waals surface area contributed by atoms with E-state index >= 15 is 0 Å². The van der Waals surface area contributed by atoms with Gasteiger partial charge in [0, 0.05) is 18.4 Å². The first-order valence-electron chi connectivity index (χ1n) is 8.53. The fourth-order valence-corrected chi connectivity index (χ4v) is 2.38. The maximum atomic E-state index is 11.3. The summed E-state index contributed by atoms with van der Waals surface area (Å²) in [6, 6.07) is 0.155. The molecule has 1 saturated heterocycles. The van der Waals surface area contributed by atoms with E-state index in [1.807, 2.05) is 6.92 Å². The molecular weight excluding hydrogens is 282 g/mol. The number of carbonyl (C=O) groups is 1. The highest BCUT2D eigenvalue weighted by molar-refractivity contribution is 5.75. The van der Waals surface area contributed by atoms with Crippen LogP contribution in [0, 0.1) is 5.41 Å². The first-order valence-corrected chi connectivity index (χ1v) is 8.53. The van der Waals surface area contributed by atoms with Gasteiger partial charge in [0.1, 0.15) is 0 Å². The van der Waals surface area contributed by atoms with Crippen LogP contribution in [0.4, 0.5) is 0 Å². The van der Waals surface area contributed by atoms with Gasteiger partial charge in [0.05, 0.1) is 38.6 Å². The molecule has 5 nitrogen and oxygen atoms in total. The van der Waals surface area contributed by atoms with Gasteiger partial charge in [-0.25, -0.2) is 0 Å². The standard InChI is InChI=1S/C17H33NO4/c1-5-9-20-12-17(3,4)13-21-11-15-8-7-14(10-22-15)18-16(19)6-2/h14-15H,5-13H2,1-4H3,(H,18,19)/t14-,15+/m1/s1. The van der Waals surface area contributed by atoms with Crippen molar-refractivity contribution in [2.75, 3.05) is 33.0 Å². The lowest BCUT2D eigenvalue weighted by molar-refractivity contribution is -0.123. The minimum Gasteiger partial charge on any atom is -0.381 e. The van der Waals surface area contributed by atoms with Crippen molar-refractivity contribution in [3.8, 4) is 0 Å². The van der Waals surface area contributed by atoms with E-state index in [0.717, 1.165) is 32.5 Å². The summed E-state index contributed by atoms with van der Waals surface area (Å²) in [7, 11) is 0. The van der Waals surface area contributed by atoms with Gasteiger partial charge in [-0.1, -0.05) is 27.7 Å². The van der Waals surface area contributed by atoms with Crippen LogP contribution in [0.25, 0.3) is 0 Å². The molecule has 0 aliphatic carbocycles. The van der Waals surface area contributed by atoms with Crippen LogP contribution in [0.3, 0.4) is 0 Å². The fourth-order valence-electron chi connectivity index (χ4n) is 2.38. The average molecular weight is 315 g/mol. The van der Waals surface area contributed by atoms with Crippen LogP contribution in [-0.4, -0.2) is 51.1 Å². The van der Waals surface area contributed by atoms with Crippen LogP contribution in [0.15, 0.2) is 0 Å². The van der Waals surface area contributed by atoms with Crippen LogP contribution >= 0.6 is 0 Å². The van der Waals surface area contributed by atoms with Gasteiger partial charge in [0.25, 0.3) is 0 Å². The Labute approximate surface area is 135 Å². The molecule has 130 valence electrons. The minimum atomic E-state index is 0.0292. The van der Waals surface area contributed by atoms with Gasteiger partial charge < -0.3 is 19.5 Å². The summed E-state index contributed by atoms with van der Waals surface area (Å²) < 4.78 is 17.2. The van der Waals surface area contributed by atoms with Crippen molar-refractivity contribution in [1.82, 2.24) is 5.32 Å². The van der Waals surface area contributed by atoms with Crippen molar-refractivity contribution in [3.05, 3.63) is 0 Å². The highest BCUT2D eigenvalue weighted by Crippen LogP contribution is 2.18. The van der Waals surface area contributed by atoms with Crippen molar-refractivity contribution in [1.29, 1.82) is 0 Å². The Kier molecular flexibility index (Phi) is 8.98. The van der Waals surface area contributed by atoms with Crippen molar-refractivity contribution in [2.45, 2.75) is 65.5 Å². The molecule has 1 aliphatic rings. The maximum Gasteiger partial charge on any atom is 0.220 e. The average Bonchev–Trinajstić information content (AvgIpc) is 2.49. The van der Waals surface area contributed by atoms with Gasteiger partial charge in [-0.05, 0) is 19.3 Å². The van der Waals surface area contributed by atoms with Gasteiger partial charge in [0.15, 0.2) is 0 Å². The summed E-state index contributed by atoms with van der Waals surface area (Å²) in [5.74, 6) is 0.0946. The van der Waals surface area contributed by atoms with Crippen molar-refractivity contribution >= 4 is 5.91 Å². The Hall–Kier alpha value is -0.650. The number of ether oxygens (including phenoxy) is 3. The molecule has 2 atom stereocenters. The van der Waals surface area contributed by atoms with Crippen LogP contribution in [0.5, 0.6) is 0 Å². The molecule has 0 bridgehead atoms. The zero-order chi connectivity index (χ0) is 16.4. The molecule has 5 heteroatoms. The first-order chi connectivity index (χ1) is 10.5. The molecule has 0 aromatic carbocycles. The molecule has 1 heterocycles. The Morgan fingerprint density at radius 1 is 1.23 bits per heavy atom. The molecule has 1 rings (SSSR count). The summed E-state index contributed by atoms with van der Waals surface area (Å²) in [6.07, 6.45) is 3.60. The SMILES string of the molecule is CCCOCC(C)(C)COC[C@@H]1CC[C@@H](NC(=O)CC)CO1. The smallest absolute Gasteiger partial charge is 0.220 e. The Bertz CT molecular complexity index is 312. The molecular formula is C17H33NO4. The topological polar surface area (TPSA) is 56.8 Å². The van der Waals surface area contributed by atoms with E-state index in [2.05, 4.69) is 26.1 Å². The number of hydrogen-bond acceptors (Lipinski definition) is 4. The third-order valence-corrected chi connectivity index (χ3v) is 3.69. The van der Waals surface area contributed by atoms with E-state index in [4.69, 9.17) is 14.2 Å². The molecule has 0 spiro atoms. The summed E-state index contributed by atoms with van der Waals surface area (Å²) in [5.41, 5.74) is 0.0292. The highest BCUT2D eigenvalue weighted by atomic mass is 16.5. The van der Waals surface area contributed by atoms with Crippen molar-refractivity contribution < 1.29 is 19.0 Å². The van der Waals surface area contributed by atoms with E-state index in [0.29, 0.717) is 26.2 Å². The van der Waals surface area contributed by atoms with E-state index in [1.165, 1.54) is 0 Å². The second kappa shape index (κ2) is 10.2. The molecule has 0 radical (unpaired) electrons. The Morgan fingerprint density at radius 3 is 2.55 bits per heavy atom. The number of nitrogens with one attached hydrogen (secondary N) is 1. The normalized spacial score (nSPS) is 22.5. The molecule has 1 N–H and O–H groups in total. The third-order valence-electron chi connectivity index (χ3n) is 3.69. The molecule has 1 amide bonds. The van der Waals surface area contributed by atoms with Crippen LogP contribution in [0.2, 0.25) is 0 Å². The number of carbonyl (C=O) groups excluding carboxylic acids is 1. The van der Waals surface area contributed by atoms with E-state index in [-0.39, 0.29) is 23.5 Å². The fraction of sp³-hybridized carbons (Fsp3) is 0.941. The first kappa shape index (κ1) is 19.4. The molecule has 1 fully saturated rings. The predicted octanol–water partition coefficient (Wildman–Crippen LogP) is 2.53. The monoisotopic (exact) mass is 315 g/mol. The molecule has 0 aromatic heterocycles. The molecule has 0 saturated carbocycles. The maximum absolute atomic E-state index is 11.3. The summed E-state index contributed by atoms with van der Waals surface area (Å²) in [5, 5.41) is 2.98. The van der Waals surface area contributed by atoms with Gasteiger partial charge in [0.2, 0.25) is 5.91 Å². The quantitative estimate of drug-likeness (QED) is 0.629. The Balaban J connectivity index is 2.13. The lowest BCUT2D eigenvalue weighted by Crippen LogP contribution is -2.43. The number of amides is 1. The predicted molar refractivity (Wildman–Crippen MR) is 86.9 cm³/mol. The third kappa shape index (κ3) is 8.11. The largest absolute Gasteiger partial charge is 0.381 e. The molecule has 0 aromatic rings. The van der Waals surface area contributed by atoms with E-state index in [1.54, 1.807) is 0 Å². The molecule has 1 aliphatic heterocycles. The zero-order valence-electron chi connectivity index (χ0n) is 14.7. The summed E-state index contributed by atoms with van der Waals surface area (Å²) >= 11 is 0.